The Balaban J connectivity index is 1.81. The number of benzene rings is 1. The molecule has 0 spiro atoms. The van der Waals surface area contributed by atoms with Crippen molar-refractivity contribution in [2.75, 3.05) is 13.1 Å². The molecule has 0 aliphatic carbocycles. The molecule has 2 aliphatic heterocycles. The quantitative estimate of drug-likeness (QED) is 0.819. The number of hydrogen-bond acceptors (Lipinski definition) is 3. The van der Waals surface area contributed by atoms with E-state index in [9.17, 15) is 4.79 Å². The Bertz CT molecular complexity index is 691. The van der Waals surface area contributed by atoms with Crippen molar-refractivity contribution < 1.29 is 9.53 Å². The number of rotatable bonds is 1. The van der Waals surface area contributed by atoms with Gasteiger partial charge in [0.1, 0.15) is 6.10 Å². The number of carbonyl (C=O) groups excluding carboxylic acids is 1. The number of piperidine rings is 1. The van der Waals surface area contributed by atoms with Crippen molar-refractivity contribution in [2.24, 2.45) is 0 Å². The zero-order valence-corrected chi connectivity index (χ0v) is 12.3. The topological polar surface area (TPSA) is 45.3 Å². The minimum atomic E-state index is -0.176. The van der Waals surface area contributed by atoms with Crippen LogP contribution in [0.25, 0.3) is 10.9 Å². The van der Waals surface area contributed by atoms with Gasteiger partial charge < -0.3 is 9.72 Å². The maximum atomic E-state index is 11.4. The summed E-state index contributed by atoms with van der Waals surface area (Å²) in [4.78, 5) is 17.5. The fourth-order valence-electron chi connectivity index (χ4n) is 3.98. The van der Waals surface area contributed by atoms with E-state index in [-0.39, 0.29) is 18.1 Å². The van der Waals surface area contributed by atoms with Crippen LogP contribution in [0.4, 0.5) is 0 Å². The molecule has 4 nitrogen and oxygen atoms in total. The van der Waals surface area contributed by atoms with Gasteiger partial charge in [0.2, 0.25) is 0 Å². The lowest BCUT2D eigenvalue weighted by Crippen LogP contribution is -2.47. The molecule has 1 fully saturated rings. The molecular weight excluding hydrogens is 264 g/mol. The monoisotopic (exact) mass is 284 g/mol. The van der Waals surface area contributed by atoms with E-state index in [0.29, 0.717) is 0 Å². The Hall–Kier alpha value is -1.81. The van der Waals surface area contributed by atoms with E-state index in [4.69, 9.17) is 4.74 Å². The van der Waals surface area contributed by atoms with E-state index in [1.807, 2.05) is 0 Å². The summed E-state index contributed by atoms with van der Waals surface area (Å²) in [6.07, 6.45) is 3.10. The summed E-state index contributed by atoms with van der Waals surface area (Å²) in [7, 11) is 0. The van der Waals surface area contributed by atoms with Crippen LogP contribution in [0.3, 0.4) is 0 Å². The second-order valence-electron chi connectivity index (χ2n) is 6.08. The van der Waals surface area contributed by atoms with Crippen molar-refractivity contribution in [3.05, 3.63) is 35.5 Å². The van der Waals surface area contributed by atoms with Gasteiger partial charge in [0.25, 0.3) is 0 Å². The third kappa shape index (κ3) is 2.05. The minimum Gasteiger partial charge on any atom is -0.460 e. The van der Waals surface area contributed by atoms with Crippen LogP contribution in [-0.2, 0) is 16.0 Å². The molecular formula is C17H20N2O2. The van der Waals surface area contributed by atoms with E-state index in [0.717, 1.165) is 32.4 Å². The van der Waals surface area contributed by atoms with Gasteiger partial charge in [0, 0.05) is 30.1 Å². The fraction of sp³-hybridized carbons (Fsp3) is 0.471. The van der Waals surface area contributed by atoms with E-state index < -0.39 is 0 Å². The maximum absolute atomic E-state index is 11.4. The molecule has 1 saturated heterocycles. The summed E-state index contributed by atoms with van der Waals surface area (Å²) in [5.74, 6) is -0.176. The highest BCUT2D eigenvalue weighted by Crippen LogP contribution is 2.40. The highest BCUT2D eigenvalue weighted by Gasteiger charge is 2.39. The predicted octanol–water partition coefficient (Wildman–Crippen LogP) is 2.79. The standard InChI is InChI=1S/C17H20N2O2/c1-11(20)21-15-7-4-9-19-10-8-13-12-5-2-3-6-14(12)18-16(13)17(15)19/h2-3,5-6,15,17-18H,4,7-10H2,1H3/t15-,17-/m0/s1. The third-order valence-corrected chi connectivity index (χ3v) is 4.79. The molecule has 0 saturated carbocycles. The summed E-state index contributed by atoms with van der Waals surface area (Å²) >= 11 is 0. The molecule has 0 radical (unpaired) electrons. The van der Waals surface area contributed by atoms with Crippen molar-refractivity contribution in [1.29, 1.82) is 0 Å². The predicted molar refractivity (Wildman–Crippen MR) is 81.1 cm³/mol. The Morgan fingerprint density at radius 2 is 2.19 bits per heavy atom. The average Bonchev–Trinajstić information content (AvgIpc) is 2.85. The fourth-order valence-corrected chi connectivity index (χ4v) is 3.98. The second-order valence-corrected chi connectivity index (χ2v) is 6.08. The van der Waals surface area contributed by atoms with Crippen LogP contribution >= 0.6 is 0 Å². The van der Waals surface area contributed by atoms with E-state index in [1.165, 1.54) is 29.1 Å². The second kappa shape index (κ2) is 4.88. The summed E-state index contributed by atoms with van der Waals surface area (Å²) in [5.41, 5.74) is 3.86. The molecule has 21 heavy (non-hydrogen) atoms. The van der Waals surface area contributed by atoms with Gasteiger partial charge in [0.05, 0.1) is 6.04 Å². The number of esters is 1. The third-order valence-electron chi connectivity index (χ3n) is 4.79. The van der Waals surface area contributed by atoms with Gasteiger partial charge in [-0.3, -0.25) is 9.69 Å². The van der Waals surface area contributed by atoms with Crippen molar-refractivity contribution in [2.45, 2.75) is 38.3 Å². The Kier molecular flexibility index (Phi) is 3.00. The highest BCUT2D eigenvalue weighted by atomic mass is 16.5. The molecule has 1 N–H and O–H groups in total. The van der Waals surface area contributed by atoms with Crippen molar-refractivity contribution >= 4 is 16.9 Å². The number of para-hydroxylation sites is 1. The molecule has 1 aromatic heterocycles. The van der Waals surface area contributed by atoms with Crippen molar-refractivity contribution in [3.8, 4) is 0 Å². The van der Waals surface area contributed by atoms with E-state index in [2.05, 4.69) is 34.1 Å². The smallest absolute Gasteiger partial charge is 0.302 e. The van der Waals surface area contributed by atoms with E-state index in [1.54, 1.807) is 0 Å². The van der Waals surface area contributed by atoms with Gasteiger partial charge in [-0.25, -0.2) is 0 Å². The SMILES string of the molecule is CC(=O)O[C@H]1CCCN2CCc3c([nH]c4ccccc34)[C@H]12. The van der Waals surface area contributed by atoms with Gasteiger partial charge in [-0.2, -0.15) is 0 Å². The molecule has 2 aromatic rings. The van der Waals surface area contributed by atoms with Crippen LogP contribution < -0.4 is 0 Å². The van der Waals surface area contributed by atoms with Crippen molar-refractivity contribution in [1.82, 2.24) is 9.88 Å². The van der Waals surface area contributed by atoms with Crippen LogP contribution in [0.15, 0.2) is 24.3 Å². The number of nitrogens with one attached hydrogen (secondary N) is 1. The average molecular weight is 284 g/mol. The van der Waals surface area contributed by atoms with Crippen LogP contribution in [0, 0.1) is 0 Å². The van der Waals surface area contributed by atoms with Gasteiger partial charge in [-0.15, -0.1) is 0 Å². The molecule has 1 aromatic carbocycles. The lowest BCUT2D eigenvalue weighted by Gasteiger charge is -2.43. The van der Waals surface area contributed by atoms with Gasteiger partial charge in [0.15, 0.2) is 0 Å². The maximum Gasteiger partial charge on any atom is 0.302 e. The summed E-state index contributed by atoms with van der Waals surface area (Å²) < 4.78 is 5.61. The first-order valence-corrected chi connectivity index (χ1v) is 7.75. The Labute approximate surface area is 124 Å². The minimum absolute atomic E-state index is 0.0247. The molecule has 2 aliphatic rings. The Morgan fingerprint density at radius 1 is 1.33 bits per heavy atom. The molecule has 4 heteroatoms. The molecule has 0 unspecified atom stereocenters. The lowest BCUT2D eigenvalue weighted by atomic mass is 9.88. The van der Waals surface area contributed by atoms with Crippen molar-refractivity contribution in [3.63, 3.8) is 0 Å². The first kappa shape index (κ1) is 12.9. The molecule has 4 rings (SSSR count). The van der Waals surface area contributed by atoms with Crippen LogP contribution in [0.1, 0.15) is 37.1 Å². The number of ether oxygens (including phenoxy) is 1. The first-order valence-electron chi connectivity index (χ1n) is 7.75. The summed E-state index contributed by atoms with van der Waals surface area (Å²) in [6, 6.07) is 8.66. The molecule has 110 valence electrons. The number of H-pyrrole nitrogens is 1. The number of aromatic nitrogens is 1. The summed E-state index contributed by atoms with van der Waals surface area (Å²) in [6.45, 7) is 3.66. The number of aromatic amines is 1. The lowest BCUT2D eigenvalue weighted by molar-refractivity contribution is -0.153. The molecule has 0 bridgehead atoms. The summed E-state index contributed by atoms with van der Waals surface area (Å²) in [5, 5.41) is 1.32. The van der Waals surface area contributed by atoms with E-state index >= 15 is 0 Å². The zero-order valence-electron chi connectivity index (χ0n) is 12.3. The Morgan fingerprint density at radius 3 is 3.05 bits per heavy atom. The first-order chi connectivity index (χ1) is 10.2. The zero-order chi connectivity index (χ0) is 14.4. The van der Waals surface area contributed by atoms with Gasteiger partial charge >= 0.3 is 5.97 Å². The van der Waals surface area contributed by atoms with Crippen LogP contribution in [0.2, 0.25) is 0 Å². The largest absolute Gasteiger partial charge is 0.460 e. The number of hydrogen-bond donors (Lipinski definition) is 1. The number of nitrogens with zero attached hydrogens (tertiary/aromatic N) is 1. The highest BCUT2D eigenvalue weighted by molar-refractivity contribution is 5.85. The van der Waals surface area contributed by atoms with Gasteiger partial charge in [-0.1, -0.05) is 18.2 Å². The van der Waals surface area contributed by atoms with Crippen LogP contribution in [-0.4, -0.2) is 35.0 Å². The van der Waals surface area contributed by atoms with Gasteiger partial charge in [-0.05, 0) is 37.4 Å². The number of fused-ring (bicyclic) bond motifs is 5. The molecule has 2 atom stereocenters. The normalized spacial score (nSPS) is 25.4. The molecule has 0 amide bonds. The molecule has 3 heterocycles. The van der Waals surface area contributed by atoms with Crippen LogP contribution in [0.5, 0.6) is 0 Å². The number of carbonyl (C=O) groups is 1.